The first kappa shape index (κ1) is 17.6. The zero-order valence-corrected chi connectivity index (χ0v) is 15.6. The van der Waals surface area contributed by atoms with Crippen LogP contribution in [0.25, 0.3) is 10.8 Å². The van der Waals surface area contributed by atoms with Gasteiger partial charge in [0.25, 0.3) is 10.1 Å². The summed E-state index contributed by atoms with van der Waals surface area (Å²) >= 11 is 2.17. The van der Waals surface area contributed by atoms with Crippen molar-refractivity contribution in [3.63, 3.8) is 0 Å². The molecule has 0 aliphatic heterocycles. The van der Waals surface area contributed by atoms with E-state index in [1.165, 1.54) is 24.3 Å². The van der Waals surface area contributed by atoms with Crippen molar-refractivity contribution < 1.29 is 18.1 Å². The number of hydrogen-bond acceptors (Lipinski definition) is 6. The summed E-state index contributed by atoms with van der Waals surface area (Å²) in [6, 6.07) is 12.6. The average molecular weight is 469 g/mol. The Morgan fingerprint density at radius 3 is 2.28 bits per heavy atom. The second-order valence-corrected chi connectivity index (χ2v) is 7.80. The third-order valence-electron chi connectivity index (χ3n) is 3.50. The maximum absolute atomic E-state index is 11.5. The fourth-order valence-corrected chi connectivity index (χ4v) is 3.39. The lowest BCUT2D eigenvalue weighted by Gasteiger charge is -2.09. The zero-order valence-electron chi connectivity index (χ0n) is 12.6. The van der Waals surface area contributed by atoms with E-state index < -0.39 is 10.1 Å². The summed E-state index contributed by atoms with van der Waals surface area (Å²) in [7, 11) is -4.46. The van der Waals surface area contributed by atoms with Crippen LogP contribution in [-0.2, 0) is 10.1 Å². The molecule has 0 aliphatic carbocycles. The van der Waals surface area contributed by atoms with Gasteiger partial charge in [-0.2, -0.15) is 13.5 Å². The summed E-state index contributed by atoms with van der Waals surface area (Å²) in [5, 5.41) is 18.7. The van der Waals surface area contributed by atoms with Crippen molar-refractivity contribution in [2.24, 2.45) is 10.2 Å². The van der Waals surface area contributed by atoms with Crippen molar-refractivity contribution in [3.8, 4) is 5.75 Å². The van der Waals surface area contributed by atoms with Crippen LogP contribution in [0.1, 0.15) is 0 Å². The molecule has 0 atom stereocenters. The number of nitrogen functional groups attached to an aromatic ring is 1. The Balaban J connectivity index is 2.14. The third kappa shape index (κ3) is 3.57. The molecule has 0 amide bonds. The highest BCUT2D eigenvalue weighted by Crippen LogP contribution is 2.40. The van der Waals surface area contributed by atoms with E-state index >= 15 is 0 Å². The lowest BCUT2D eigenvalue weighted by molar-refractivity contribution is 0.482. The number of fused-ring (bicyclic) bond motifs is 1. The van der Waals surface area contributed by atoms with Gasteiger partial charge in [0, 0.05) is 14.6 Å². The first-order valence-corrected chi connectivity index (χ1v) is 9.48. The van der Waals surface area contributed by atoms with Gasteiger partial charge in [0.15, 0.2) is 5.75 Å². The van der Waals surface area contributed by atoms with E-state index in [9.17, 15) is 18.1 Å². The number of aromatic hydroxyl groups is 1. The van der Waals surface area contributed by atoms with Gasteiger partial charge in [-0.1, -0.05) is 6.07 Å². The van der Waals surface area contributed by atoms with E-state index in [1.807, 2.05) is 12.1 Å². The van der Waals surface area contributed by atoms with Crippen LogP contribution in [0.15, 0.2) is 63.7 Å². The van der Waals surface area contributed by atoms with Gasteiger partial charge in [-0.3, -0.25) is 4.55 Å². The van der Waals surface area contributed by atoms with Crippen molar-refractivity contribution in [1.82, 2.24) is 0 Å². The minimum absolute atomic E-state index is 0.0918. The van der Waals surface area contributed by atoms with Gasteiger partial charge >= 0.3 is 0 Å². The van der Waals surface area contributed by atoms with Gasteiger partial charge < -0.3 is 10.8 Å². The van der Waals surface area contributed by atoms with Crippen LogP contribution in [0.3, 0.4) is 0 Å². The second-order valence-electron chi connectivity index (χ2n) is 5.16. The molecule has 3 rings (SSSR count). The number of anilines is 1. The standard InChI is InChI=1S/C16H12IN3O4S/c17-9-1-3-10(4-2-9)19-20-13-7-5-11-14(25(22,23)24)8-6-12(18)15(11)16(13)21/h1-8,21H,18H2,(H,22,23,24). The van der Waals surface area contributed by atoms with Gasteiger partial charge in [-0.25, -0.2) is 0 Å². The molecular weight excluding hydrogens is 457 g/mol. The fourth-order valence-electron chi connectivity index (χ4n) is 2.34. The zero-order chi connectivity index (χ0) is 18.2. The summed E-state index contributed by atoms with van der Waals surface area (Å²) in [6.45, 7) is 0. The Labute approximate surface area is 157 Å². The van der Waals surface area contributed by atoms with Crippen LogP contribution in [0.4, 0.5) is 17.1 Å². The molecule has 0 bridgehead atoms. The summed E-state index contributed by atoms with van der Waals surface area (Å²) in [4.78, 5) is -0.340. The number of azo groups is 1. The average Bonchev–Trinajstić information content (AvgIpc) is 2.54. The molecule has 7 nitrogen and oxygen atoms in total. The molecule has 0 aromatic heterocycles. The van der Waals surface area contributed by atoms with E-state index in [1.54, 1.807) is 12.1 Å². The first-order valence-electron chi connectivity index (χ1n) is 6.96. The van der Waals surface area contributed by atoms with E-state index in [2.05, 4.69) is 32.8 Å². The molecule has 3 aromatic rings. The van der Waals surface area contributed by atoms with Crippen molar-refractivity contribution in [1.29, 1.82) is 0 Å². The lowest BCUT2D eigenvalue weighted by atomic mass is 10.1. The van der Waals surface area contributed by atoms with Gasteiger partial charge in [0.05, 0.1) is 11.1 Å². The third-order valence-corrected chi connectivity index (χ3v) is 5.13. The maximum atomic E-state index is 11.5. The van der Waals surface area contributed by atoms with Crippen molar-refractivity contribution in [2.45, 2.75) is 4.90 Å². The van der Waals surface area contributed by atoms with Crippen molar-refractivity contribution in [3.05, 3.63) is 52.1 Å². The number of nitrogens with zero attached hydrogens (tertiary/aromatic N) is 2. The number of phenolic OH excluding ortho intramolecular Hbond substituents is 1. The van der Waals surface area contributed by atoms with Crippen LogP contribution >= 0.6 is 22.6 Å². The number of hydrogen-bond donors (Lipinski definition) is 3. The number of nitrogens with two attached hydrogens (primary N) is 1. The highest BCUT2D eigenvalue weighted by atomic mass is 127. The van der Waals surface area contributed by atoms with Gasteiger partial charge in [0.2, 0.25) is 0 Å². The Hall–Kier alpha value is -2.24. The Morgan fingerprint density at radius 1 is 0.960 bits per heavy atom. The molecule has 3 aromatic carbocycles. The Morgan fingerprint density at radius 2 is 1.64 bits per heavy atom. The SMILES string of the molecule is Nc1ccc(S(=O)(=O)O)c2ccc(N=Nc3ccc(I)cc3)c(O)c12. The number of halogens is 1. The monoisotopic (exact) mass is 469 g/mol. The van der Waals surface area contributed by atoms with E-state index in [4.69, 9.17) is 5.73 Å². The Kier molecular flexibility index (Phi) is 4.62. The molecule has 25 heavy (non-hydrogen) atoms. The molecule has 9 heteroatoms. The molecule has 0 saturated carbocycles. The molecular formula is C16H12IN3O4S. The highest BCUT2D eigenvalue weighted by Gasteiger charge is 2.18. The molecule has 0 aliphatic rings. The molecule has 0 radical (unpaired) electrons. The number of rotatable bonds is 3. The predicted molar refractivity (Wildman–Crippen MR) is 103 cm³/mol. The highest BCUT2D eigenvalue weighted by molar-refractivity contribution is 14.1. The van der Waals surface area contributed by atoms with Gasteiger partial charge in [0.1, 0.15) is 10.6 Å². The first-order chi connectivity index (χ1) is 11.8. The van der Waals surface area contributed by atoms with Crippen LogP contribution in [0.2, 0.25) is 0 Å². The quantitative estimate of drug-likeness (QED) is 0.227. The lowest BCUT2D eigenvalue weighted by Crippen LogP contribution is -2.00. The molecule has 0 heterocycles. The van der Waals surface area contributed by atoms with E-state index in [0.717, 1.165) is 3.57 Å². The van der Waals surface area contributed by atoms with Crippen LogP contribution in [0, 0.1) is 3.57 Å². The molecule has 128 valence electrons. The smallest absolute Gasteiger partial charge is 0.295 e. The number of benzene rings is 3. The van der Waals surface area contributed by atoms with Crippen molar-refractivity contribution >= 4 is 60.5 Å². The normalized spacial score (nSPS) is 12.1. The largest absolute Gasteiger partial charge is 0.505 e. The van der Waals surface area contributed by atoms with E-state index in [-0.39, 0.29) is 32.8 Å². The summed E-state index contributed by atoms with van der Waals surface area (Å²) < 4.78 is 33.3. The Bertz CT molecular complexity index is 1100. The maximum Gasteiger partial charge on any atom is 0.295 e. The molecule has 0 fully saturated rings. The van der Waals surface area contributed by atoms with Crippen LogP contribution in [-0.4, -0.2) is 18.1 Å². The molecule has 0 spiro atoms. The number of phenols is 1. The predicted octanol–water partition coefficient (Wildman–Crippen LogP) is 4.39. The van der Waals surface area contributed by atoms with Crippen LogP contribution in [0.5, 0.6) is 5.75 Å². The topological polar surface area (TPSA) is 125 Å². The minimum Gasteiger partial charge on any atom is -0.505 e. The van der Waals surface area contributed by atoms with E-state index in [0.29, 0.717) is 5.69 Å². The van der Waals surface area contributed by atoms with Crippen LogP contribution < -0.4 is 5.73 Å². The van der Waals surface area contributed by atoms with Gasteiger partial charge in [-0.05, 0) is 65.1 Å². The summed E-state index contributed by atoms with van der Waals surface area (Å²) in [6.07, 6.45) is 0. The molecule has 4 N–H and O–H groups in total. The summed E-state index contributed by atoms with van der Waals surface area (Å²) in [5.74, 6) is -0.310. The van der Waals surface area contributed by atoms with Crippen molar-refractivity contribution in [2.75, 3.05) is 5.73 Å². The molecule has 0 saturated heterocycles. The second kappa shape index (κ2) is 6.58. The van der Waals surface area contributed by atoms with Gasteiger partial charge in [-0.15, -0.1) is 5.11 Å². The summed E-state index contributed by atoms with van der Waals surface area (Å²) in [5.41, 5.74) is 6.74. The fraction of sp³-hybridized carbons (Fsp3) is 0. The minimum atomic E-state index is -4.46. The molecule has 0 unspecified atom stereocenters.